The largest absolute Gasteiger partial charge is 0.338 e. The maximum atomic E-state index is 12.2. The van der Waals surface area contributed by atoms with Crippen LogP contribution in [0.25, 0.3) is 0 Å². The topological polar surface area (TPSA) is 97.1 Å². The van der Waals surface area contributed by atoms with Crippen molar-refractivity contribution >= 4 is 21.6 Å². The Balaban J connectivity index is 2.13. The Labute approximate surface area is 127 Å². The normalized spacial score (nSPS) is 11.8. The van der Waals surface area contributed by atoms with Crippen LogP contribution in [-0.2, 0) is 23.1 Å². The van der Waals surface area contributed by atoms with Crippen LogP contribution in [0.4, 0.5) is 0 Å². The maximum Gasteiger partial charge on any atom is 0.241 e. The van der Waals surface area contributed by atoms with Crippen LogP contribution in [0.1, 0.15) is 17.3 Å². The summed E-state index contributed by atoms with van der Waals surface area (Å²) in [5.41, 5.74) is 0.825. The second-order valence-corrected chi connectivity index (χ2v) is 6.52. The van der Waals surface area contributed by atoms with Gasteiger partial charge in [-0.2, -0.15) is 4.98 Å². The Hall–Kier alpha value is -1.48. The SMILES string of the molecule is CNCc1ccc(S(=O)(=O)NCc2nc(C)no2)cc1Cl. The van der Waals surface area contributed by atoms with Crippen LogP contribution in [0.15, 0.2) is 27.6 Å². The van der Waals surface area contributed by atoms with Crippen LogP contribution in [0, 0.1) is 6.92 Å². The monoisotopic (exact) mass is 330 g/mol. The first-order chi connectivity index (χ1) is 9.92. The summed E-state index contributed by atoms with van der Waals surface area (Å²) in [6.45, 7) is 2.15. The third kappa shape index (κ3) is 4.01. The van der Waals surface area contributed by atoms with Crippen molar-refractivity contribution in [3.05, 3.63) is 40.5 Å². The quantitative estimate of drug-likeness (QED) is 0.826. The van der Waals surface area contributed by atoms with Gasteiger partial charge >= 0.3 is 0 Å². The molecular formula is C12H15ClN4O3S. The third-order valence-electron chi connectivity index (χ3n) is 2.69. The van der Waals surface area contributed by atoms with Gasteiger partial charge in [-0.3, -0.25) is 0 Å². The molecule has 0 saturated heterocycles. The van der Waals surface area contributed by atoms with Crippen molar-refractivity contribution in [2.24, 2.45) is 0 Å². The van der Waals surface area contributed by atoms with Gasteiger partial charge in [-0.1, -0.05) is 22.8 Å². The molecule has 2 N–H and O–H groups in total. The lowest BCUT2D eigenvalue weighted by Crippen LogP contribution is -2.23. The molecule has 0 amide bonds. The molecule has 1 aromatic heterocycles. The van der Waals surface area contributed by atoms with Gasteiger partial charge in [-0.25, -0.2) is 13.1 Å². The van der Waals surface area contributed by atoms with E-state index >= 15 is 0 Å². The Morgan fingerprint density at radius 3 is 2.67 bits per heavy atom. The molecule has 0 spiro atoms. The van der Waals surface area contributed by atoms with Crippen molar-refractivity contribution in [1.82, 2.24) is 20.2 Å². The van der Waals surface area contributed by atoms with E-state index in [9.17, 15) is 8.42 Å². The Morgan fingerprint density at radius 2 is 2.10 bits per heavy atom. The number of halogens is 1. The highest BCUT2D eigenvalue weighted by Crippen LogP contribution is 2.20. The van der Waals surface area contributed by atoms with E-state index in [1.807, 2.05) is 0 Å². The molecule has 2 rings (SSSR count). The van der Waals surface area contributed by atoms with Gasteiger partial charge in [0.25, 0.3) is 0 Å². The number of nitrogens with zero attached hydrogens (tertiary/aromatic N) is 2. The van der Waals surface area contributed by atoms with Crippen LogP contribution in [0.5, 0.6) is 0 Å². The summed E-state index contributed by atoms with van der Waals surface area (Å²) in [4.78, 5) is 4.01. The first-order valence-corrected chi connectivity index (χ1v) is 8.00. The molecule has 0 aliphatic carbocycles. The molecule has 21 heavy (non-hydrogen) atoms. The molecule has 0 fully saturated rings. The third-order valence-corrected chi connectivity index (χ3v) is 4.44. The molecule has 114 valence electrons. The minimum absolute atomic E-state index is 0.0704. The lowest BCUT2D eigenvalue weighted by molar-refractivity contribution is 0.372. The molecule has 9 heteroatoms. The number of sulfonamides is 1. The smallest absolute Gasteiger partial charge is 0.241 e. The van der Waals surface area contributed by atoms with Crippen LogP contribution in [-0.4, -0.2) is 25.6 Å². The summed E-state index contributed by atoms with van der Waals surface area (Å²) < 4.78 is 31.6. The van der Waals surface area contributed by atoms with Crippen LogP contribution < -0.4 is 10.0 Å². The standard InChI is InChI=1S/C12H15ClN4O3S/c1-8-16-12(20-17-8)7-15-21(18,19)10-4-3-9(6-14-2)11(13)5-10/h3-5,14-15H,6-7H2,1-2H3. The average molecular weight is 331 g/mol. The zero-order valence-corrected chi connectivity index (χ0v) is 13.1. The lowest BCUT2D eigenvalue weighted by Gasteiger charge is -2.08. The van der Waals surface area contributed by atoms with Gasteiger partial charge in [-0.15, -0.1) is 0 Å². The number of hydrogen-bond acceptors (Lipinski definition) is 6. The van der Waals surface area contributed by atoms with E-state index < -0.39 is 10.0 Å². The van der Waals surface area contributed by atoms with E-state index in [1.54, 1.807) is 20.0 Å². The number of benzene rings is 1. The van der Waals surface area contributed by atoms with Crippen molar-refractivity contribution in [2.45, 2.75) is 24.9 Å². The molecule has 0 radical (unpaired) electrons. The van der Waals surface area contributed by atoms with Crippen molar-refractivity contribution in [1.29, 1.82) is 0 Å². The van der Waals surface area contributed by atoms with Crippen molar-refractivity contribution in [3.8, 4) is 0 Å². The molecule has 0 atom stereocenters. The van der Waals surface area contributed by atoms with E-state index in [-0.39, 0.29) is 17.3 Å². The molecule has 1 aromatic carbocycles. The van der Waals surface area contributed by atoms with Gasteiger partial charge in [0.1, 0.15) is 0 Å². The van der Waals surface area contributed by atoms with Crippen molar-refractivity contribution in [2.75, 3.05) is 7.05 Å². The zero-order chi connectivity index (χ0) is 15.5. The summed E-state index contributed by atoms with van der Waals surface area (Å²) in [7, 11) is -1.90. The van der Waals surface area contributed by atoms with E-state index in [0.717, 1.165) is 5.56 Å². The molecule has 0 unspecified atom stereocenters. The van der Waals surface area contributed by atoms with Crippen LogP contribution in [0.3, 0.4) is 0 Å². The van der Waals surface area contributed by atoms with Gasteiger partial charge in [0.2, 0.25) is 15.9 Å². The fraction of sp³-hybridized carbons (Fsp3) is 0.333. The van der Waals surface area contributed by atoms with Gasteiger partial charge in [0.05, 0.1) is 11.4 Å². The molecule has 7 nitrogen and oxygen atoms in total. The van der Waals surface area contributed by atoms with Crippen molar-refractivity contribution in [3.63, 3.8) is 0 Å². The van der Waals surface area contributed by atoms with E-state index in [0.29, 0.717) is 17.4 Å². The predicted octanol–water partition coefficient (Wildman–Crippen LogP) is 1.23. The van der Waals surface area contributed by atoms with Crippen LogP contribution in [0.2, 0.25) is 5.02 Å². The summed E-state index contributed by atoms with van der Waals surface area (Å²) in [6.07, 6.45) is 0. The summed E-state index contributed by atoms with van der Waals surface area (Å²) in [5.74, 6) is 0.651. The number of hydrogen-bond donors (Lipinski definition) is 2. The number of aromatic nitrogens is 2. The predicted molar refractivity (Wildman–Crippen MR) is 77.3 cm³/mol. The van der Waals surface area contributed by atoms with E-state index in [4.69, 9.17) is 16.1 Å². The van der Waals surface area contributed by atoms with E-state index in [2.05, 4.69) is 20.2 Å². The van der Waals surface area contributed by atoms with E-state index in [1.165, 1.54) is 12.1 Å². The Kier molecular flexibility index (Phi) is 4.94. The van der Waals surface area contributed by atoms with Crippen molar-refractivity contribution < 1.29 is 12.9 Å². The molecule has 0 aliphatic heterocycles. The molecule has 0 saturated carbocycles. The highest BCUT2D eigenvalue weighted by Gasteiger charge is 2.17. The van der Waals surface area contributed by atoms with Gasteiger partial charge in [0, 0.05) is 11.6 Å². The minimum Gasteiger partial charge on any atom is -0.338 e. The van der Waals surface area contributed by atoms with Gasteiger partial charge < -0.3 is 9.84 Å². The summed E-state index contributed by atoms with van der Waals surface area (Å²) in [5, 5.41) is 6.93. The molecular weight excluding hydrogens is 316 g/mol. The zero-order valence-electron chi connectivity index (χ0n) is 11.6. The second-order valence-electron chi connectivity index (χ2n) is 4.34. The molecule has 2 aromatic rings. The highest BCUT2D eigenvalue weighted by atomic mass is 35.5. The average Bonchev–Trinajstić information content (AvgIpc) is 2.85. The second kappa shape index (κ2) is 6.52. The molecule has 0 bridgehead atoms. The maximum absolute atomic E-state index is 12.2. The number of nitrogens with one attached hydrogen (secondary N) is 2. The first kappa shape index (κ1) is 15.9. The summed E-state index contributed by atoms with van der Waals surface area (Å²) >= 11 is 6.06. The highest BCUT2D eigenvalue weighted by molar-refractivity contribution is 7.89. The Bertz CT molecular complexity index is 730. The van der Waals surface area contributed by atoms with Crippen LogP contribution >= 0.6 is 11.6 Å². The molecule has 0 aliphatic rings. The van der Waals surface area contributed by atoms with Gasteiger partial charge in [-0.05, 0) is 31.7 Å². The summed E-state index contributed by atoms with van der Waals surface area (Å²) in [6, 6.07) is 4.58. The number of rotatable bonds is 6. The first-order valence-electron chi connectivity index (χ1n) is 6.14. The Morgan fingerprint density at radius 1 is 1.33 bits per heavy atom. The minimum atomic E-state index is -3.69. The molecule has 1 heterocycles. The fourth-order valence-corrected chi connectivity index (χ4v) is 2.99. The van der Waals surface area contributed by atoms with Gasteiger partial charge in [0.15, 0.2) is 5.82 Å². The lowest BCUT2D eigenvalue weighted by atomic mass is 10.2. The fourth-order valence-electron chi connectivity index (χ4n) is 1.68. The number of aryl methyl sites for hydroxylation is 1.